The van der Waals surface area contributed by atoms with Crippen LogP contribution in [0, 0.1) is 5.41 Å². The molecule has 2 aliphatic heterocycles. The van der Waals surface area contributed by atoms with Crippen LogP contribution in [0.2, 0.25) is 0 Å². The van der Waals surface area contributed by atoms with Gasteiger partial charge in [0.05, 0.1) is 6.61 Å². The molecule has 1 unspecified atom stereocenters. The predicted molar refractivity (Wildman–Crippen MR) is 108 cm³/mol. The van der Waals surface area contributed by atoms with Crippen LogP contribution in [0.4, 0.5) is 0 Å². The number of nitrogens with zero attached hydrogens (tertiary/aromatic N) is 3. The molecule has 0 bridgehead atoms. The summed E-state index contributed by atoms with van der Waals surface area (Å²) in [7, 11) is 3.81. The first kappa shape index (κ1) is 18.5. The van der Waals surface area contributed by atoms with Crippen LogP contribution in [0.15, 0.2) is 30.5 Å². The number of aryl methyl sites for hydroxylation is 1. The number of likely N-dealkylation sites (tertiary alicyclic amines) is 2. The molecule has 2 fully saturated rings. The number of benzene rings is 1. The maximum atomic E-state index is 12.3. The maximum absolute atomic E-state index is 12.3. The minimum absolute atomic E-state index is 0.259. The third kappa shape index (κ3) is 3.90. The number of piperidine rings is 2. The van der Waals surface area contributed by atoms with Crippen LogP contribution in [0.3, 0.4) is 0 Å². The Hall–Kier alpha value is -1.85. The Morgan fingerprint density at radius 1 is 1.19 bits per heavy atom. The lowest BCUT2D eigenvalue weighted by atomic mass is 9.73. The van der Waals surface area contributed by atoms with Gasteiger partial charge in [-0.2, -0.15) is 0 Å². The summed E-state index contributed by atoms with van der Waals surface area (Å²) in [4.78, 5) is 16.9. The lowest BCUT2D eigenvalue weighted by Gasteiger charge is -2.48. The van der Waals surface area contributed by atoms with Crippen LogP contribution in [0.1, 0.15) is 31.2 Å². The average molecular weight is 370 g/mol. The number of hydrogen-bond donors (Lipinski definition) is 0. The van der Waals surface area contributed by atoms with Crippen molar-refractivity contribution in [2.45, 2.75) is 32.2 Å². The average Bonchev–Trinajstić information content (AvgIpc) is 3.03. The van der Waals surface area contributed by atoms with Gasteiger partial charge in [-0.05, 0) is 48.9 Å². The van der Waals surface area contributed by atoms with E-state index in [1.165, 1.54) is 29.3 Å². The summed E-state index contributed by atoms with van der Waals surface area (Å²) >= 11 is 0. The summed E-state index contributed by atoms with van der Waals surface area (Å²) in [5.41, 5.74) is 2.94. The first-order valence-corrected chi connectivity index (χ1v) is 10.1. The number of methoxy groups -OCH3 is 1. The molecule has 1 amide bonds. The van der Waals surface area contributed by atoms with Crippen LogP contribution in [0.25, 0.3) is 10.9 Å². The lowest BCUT2D eigenvalue weighted by molar-refractivity contribution is -0.140. The molecular weight excluding hydrogens is 338 g/mol. The largest absolute Gasteiger partial charge is 0.383 e. The number of rotatable bonds is 5. The minimum atomic E-state index is 0.259. The highest BCUT2D eigenvalue weighted by atomic mass is 16.5. The van der Waals surface area contributed by atoms with E-state index >= 15 is 0 Å². The number of ether oxygens (including phenoxy) is 1. The highest BCUT2D eigenvalue weighted by molar-refractivity contribution is 5.80. The van der Waals surface area contributed by atoms with Gasteiger partial charge in [-0.3, -0.25) is 9.69 Å². The molecule has 146 valence electrons. The van der Waals surface area contributed by atoms with Gasteiger partial charge in [-0.1, -0.05) is 12.1 Å². The van der Waals surface area contributed by atoms with Gasteiger partial charge in [0.15, 0.2) is 0 Å². The first-order valence-electron chi connectivity index (χ1n) is 10.1. The molecule has 2 aliphatic rings. The number of aromatic nitrogens is 1. The van der Waals surface area contributed by atoms with Gasteiger partial charge in [-0.15, -0.1) is 0 Å². The van der Waals surface area contributed by atoms with Gasteiger partial charge in [0.25, 0.3) is 0 Å². The van der Waals surface area contributed by atoms with Crippen LogP contribution in [-0.4, -0.2) is 60.2 Å². The molecule has 0 N–H and O–H groups in total. The Balaban J connectivity index is 1.45. The SMILES string of the molecule is COCCN1CC2(CCCN(Cc3ccc4ccn(C)c4c3)C2)CCC1=O. The van der Waals surface area contributed by atoms with Crippen molar-refractivity contribution in [2.75, 3.05) is 39.9 Å². The summed E-state index contributed by atoms with van der Waals surface area (Å²) < 4.78 is 7.39. The topological polar surface area (TPSA) is 37.7 Å². The van der Waals surface area contributed by atoms with Crippen molar-refractivity contribution in [3.05, 3.63) is 36.0 Å². The molecule has 5 heteroatoms. The fourth-order valence-electron chi connectivity index (χ4n) is 4.95. The third-order valence-electron chi connectivity index (χ3n) is 6.41. The quantitative estimate of drug-likeness (QED) is 0.813. The zero-order valence-corrected chi connectivity index (χ0v) is 16.6. The zero-order chi connectivity index (χ0) is 18.9. The Morgan fingerprint density at radius 3 is 2.93 bits per heavy atom. The molecule has 1 atom stereocenters. The second-order valence-corrected chi connectivity index (χ2v) is 8.44. The van der Waals surface area contributed by atoms with Crippen LogP contribution >= 0.6 is 0 Å². The van der Waals surface area contributed by atoms with E-state index in [0.29, 0.717) is 18.9 Å². The van der Waals surface area contributed by atoms with Crippen LogP contribution < -0.4 is 0 Å². The van der Waals surface area contributed by atoms with Crippen molar-refractivity contribution < 1.29 is 9.53 Å². The standard InChI is InChI=1S/C22H31N3O2/c1-23-11-7-19-5-4-18(14-20(19)23)15-24-10-3-8-22(16-24)9-6-21(26)25(17-22)12-13-27-2/h4-5,7,11,14H,3,6,8-10,12-13,15-17H2,1-2H3. The zero-order valence-electron chi connectivity index (χ0n) is 16.6. The molecule has 1 spiro atoms. The number of carbonyl (C=O) groups is 1. The maximum Gasteiger partial charge on any atom is 0.222 e. The number of carbonyl (C=O) groups excluding carboxylic acids is 1. The van der Waals surface area contributed by atoms with E-state index in [9.17, 15) is 4.79 Å². The number of fused-ring (bicyclic) bond motifs is 1. The van der Waals surface area contributed by atoms with E-state index in [1.807, 2.05) is 4.90 Å². The van der Waals surface area contributed by atoms with Crippen molar-refractivity contribution in [3.63, 3.8) is 0 Å². The third-order valence-corrected chi connectivity index (χ3v) is 6.41. The van der Waals surface area contributed by atoms with E-state index in [-0.39, 0.29) is 5.41 Å². The number of amides is 1. The molecule has 4 rings (SSSR count). The summed E-state index contributed by atoms with van der Waals surface area (Å²) in [5, 5.41) is 1.30. The monoisotopic (exact) mass is 369 g/mol. The normalized spacial score (nSPS) is 24.2. The smallest absolute Gasteiger partial charge is 0.222 e. The van der Waals surface area contributed by atoms with Crippen molar-refractivity contribution in [2.24, 2.45) is 12.5 Å². The summed E-state index contributed by atoms with van der Waals surface area (Å²) in [6.45, 7) is 5.48. The second kappa shape index (κ2) is 7.64. The predicted octanol–water partition coefficient (Wildman–Crippen LogP) is 3.03. The molecule has 2 saturated heterocycles. The van der Waals surface area contributed by atoms with Crippen molar-refractivity contribution in [3.8, 4) is 0 Å². The molecule has 0 saturated carbocycles. The summed E-state index contributed by atoms with van der Waals surface area (Å²) in [6, 6.07) is 8.99. The van der Waals surface area contributed by atoms with Crippen LogP contribution in [0.5, 0.6) is 0 Å². The van der Waals surface area contributed by atoms with Gasteiger partial charge in [0.1, 0.15) is 0 Å². The van der Waals surface area contributed by atoms with Gasteiger partial charge in [0.2, 0.25) is 5.91 Å². The Bertz CT molecular complexity index is 815. The number of hydrogen-bond acceptors (Lipinski definition) is 3. The molecule has 5 nitrogen and oxygen atoms in total. The Kier molecular flexibility index (Phi) is 5.24. The van der Waals surface area contributed by atoms with E-state index in [4.69, 9.17) is 4.74 Å². The molecule has 0 aliphatic carbocycles. The van der Waals surface area contributed by atoms with Gasteiger partial charge >= 0.3 is 0 Å². The molecule has 3 heterocycles. The van der Waals surface area contributed by atoms with Gasteiger partial charge in [-0.25, -0.2) is 0 Å². The van der Waals surface area contributed by atoms with Crippen molar-refractivity contribution in [1.82, 2.24) is 14.4 Å². The second-order valence-electron chi connectivity index (χ2n) is 8.44. The minimum Gasteiger partial charge on any atom is -0.383 e. The summed E-state index contributed by atoms with van der Waals surface area (Å²) in [5.74, 6) is 0.295. The molecule has 2 aromatic rings. The Labute approximate surface area is 161 Å². The molecule has 0 radical (unpaired) electrons. The van der Waals surface area contributed by atoms with Gasteiger partial charge < -0.3 is 14.2 Å². The molecule has 1 aromatic heterocycles. The molecule has 1 aromatic carbocycles. The van der Waals surface area contributed by atoms with E-state index in [0.717, 1.165) is 39.1 Å². The highest BCUT2D eigenvalue weighted by Gasteiger charge is 2.41. The van der Waals surface area contributed by atoms with E-state index in [2.05, 4.69) is 47.0 Å². The van der Waals surface area contributed by atoms with E-state index < -0.39 is 0 Å². The van der Waals surface area contributed by atoms with E-state index in [1.54, 1.807) is 7.11 Å². The molecular formula is C22H31N3O2. The van der Waals surface area contributed by atoms with Crippen molar-refractivity contribution in [1.29, 1.82) is 0 Å². The Morgan fingerprint density at radius 2 is 2.07 bits per heavy atom. The lowest BCUT2D eigenvalue weighted by Crippen LogP contribution is -2.54. The highest BCUT2D eigenvalue weighted by Crippen LogP contribution is 2.39. The van der Waals surface area contributed by atoms with Crippen molar-refractivity contribution >= 4 is 16.8 Å². The first-order chi connectivity index (χ1) is 13.1. The fraction of sp³-hybridized carbons (Fsp3) is 0.591. The molecule has 27 heavy (non-hydrogen) atoms. The fourth-order valence-corrected chi connectivity index (χ4v) is 4.95. The van der Waals surface area contributed by atoms with Crippen LogP contribution in [-0.2, 0) is 23.1 Å². The van der Waals surface area contributed by atoms with Gasteiger partial charge in [0, 0.05) is 63.9 Å². The summed E-state index contributed by atoms with van der Waals surface area (Å²) in [6.07, 6.45) is 6.29.